The van der Waals surface area contributed by atoms with Crippen molar-refractivity contribution in [3.63, 3.8) is 0 Å². The number of benzene rings is 1. The average Bonchev–Trinajstić information content (AvgIpc) is 2.93. The van der Waals surface area contributed by atoms with Crippen molar-refractivity contribution in [2.75, 3.05) is 14.2 Å². The highest BCUT2D eigenvalue weighted by molar-refractivity contribution is 5.98. The number of ether oxygens (including phenoxy) is 2. The summed E-state index contributed by atoms with van der Waals surface area (Å²) in [4.78, 5) is 23.2. The first-order valence-electron chi connectivity index (χ1n) is 6.90. The third-order valence-electron chi connectivity index (χ3n) is 3.34. The number of amides is 1. The Kier molecular flexibility index (Phi) is 5.08. The van der Waals surface area contributed by atoms with Crippen LogP contribution in [0, 0.1) is 12.7 Å². The van der Waals surface area contributed by atoms with Crippen molar-refractivity contribution in [3.8, 4) is 11.5 Å². The third-order valence-corrected chi connectivity index (χ3v) is 3.34. The predicted octanol–water partition coefficient (Wildman–Crippen LogP) is 2.37. The van der Waals surface area contributed by atoms with E-state index in [0.29, 0.717) is 0 Å². The summed E-state index contributed by atoms with van der Waals surface area (Å²) in [6, 6.07) is 3.74. The van der Waals surface area contributed by atoms with E-state index < -0.39 is 17.7 Å². The van der Waals surface area contributed by atoms with E-state index in [1.807, 2.05) is 0 Å². The molecule has 0 atom stereocenters. The van der Waals surface area contributed by atoms with Gasteiger partial charge in [0, 0.05) is 0 Å². The van der Waals surface area contributed by atoms with Gasteiger partial charge in [-0.15, -0.1) is 0 Å². The number of carbonyl (C=O) groups is 2. The Balaban J connectivity index is 2.22. The summed E-state index contributed by atoms with van der Waals surface area (Å²) in [6.07, 6.45) is 0. The summed E-state index contributed by atoms with van der Waals surface area (Å²) in [5, 5.41) is 11.4. The first kappa shape index (κ1) is 17.3. The molecule has 2 aromatic rings. The number of carboxylic acids is 1. The van der Waals surface area contributed by atoms with Gasteiger partial charge in [0.25, 0.3) is 5.91 Å². The van der Waals surface area contributed by atoms with Crippen molar-refractivity contribution in [1.29, 1.82) is 0 Å². The zero-order valence-corrected chi connectivity index (χ0v) is 13.3. The summed E-state index contributed by atoms with van der Waals surface area (Å²) in [6.45, 7) is 1.40. The molecular formula is C16H16FNO6. The maximum Gasteiger partial charge on any atom is 0.339 e. The van der Waals surface area contributed by atoms with Crippen molar-refractivity contribution < 1.29 is 33.0 Å². The zero-order chi connectivity index (χ0) is 17.9. The number of halogens is 1. The normalized spacial score (nSPS) is 10.3. The number of nitrogens with one attached hydrogen (secondary N) is 1. The van der Waals surface area contributed by atoms with E-state index in [-0.39, 0.29) is 40.7 Å². The second kappa shape index (κ2) is 7.03. The lowest BCUT2D eigenvalue weighted by atomic mass is 10.1. The Morgan fingerprint density at radius 1 is 1.29 bits per heavy atom. The molecule has 2 N–H and O–H groups in total. The third kappa shape index (κ3) is 3.32. The second-order valence-corrected chi connectivity index (χ2v) is 4.83. The number of methoxy groups -OCH3 is 2. The molecule has 0 saturated heterocycles. The fourth-order valence-corrected chi connectivity index (χ4v) is 2.21. The molecule has 1 aromatic heterocycles. The van der Waals surface area contributed by atoms with Gasteiger partial charge in [-0.05, 0) is 25.1 Å². The molecule has 128 valence electrons. The largest absolute Gasteiger partial charge is 0.493 e. The van der Waals surface area contributed by atoms with Gasteiger partial charge in [-0.25, -0.2) is 9.18 Å². The average molecular weight is 337 g/mol. The topological polar surface area (TPSA) is 98.0 Å². The number of carbonyl (C=O) groups excluding carboxylic acids is 1. The van der Waals surface area contributed by atoms with Crippen LogP contribution in [0.1, 0.15) is 32.2 Å². The van der Waals surface area contributed by atoms with Crippen LogP contribution >= 0.6 is 0 Å². The molecule has 0 fully saturated rings. The van der Waals surface area contributed by atoms with E-state index in [1.54, 1.807) is 0 Å². The van der Waals surface area contributed by atoms with E-state index in [9.17, 15) is 14.0 Å². The highest BCUT2D eigenvalue weighted by Gasteiger charge is 2.22. The van der Waals surface area contributed by atoms with Crippen LogP contribution in [0.3, 0.4) is 0 Å². The van der Waals surface area contributed by atoms with Gasteiger partial charge in [-0.2, -0.15) is 0 Å². The molecule has 0 radical (unpaired) electrons. The molecule has 0 aliphatic heterocycles. The molecule has 7 nitrogen and oxygen atoms in total. The Bertz CT molecular complexity index is 783. The monoisotopic (exact) mass is 337 g/mol. The predicted molar refractivity (Wildman–Crippen MR) is 81.1 cm³/mol. The fourth-order valence-electron chi connectivity index (χ4n) is 2.21. The molecule has 1 amide bonds. The quantitative estimate of drug-likeness (QED) is 0.840. The Hall–Kier alpha value is -3.03. The Morgan fingerprint density at radius 2 is 2.00 bits per heavy atom. The fraction of sp³-hybridized carbons (Fsp3) is 0.250. The summed E-state index contributed by atoms with van der Waals surface area (Å²) in [5.41, 5.74) is -0.303. The molecule has 2 rings (SSSR count). The SMILES string of the molecule is COc1ccc(F)c(C(=O)NCc2cc(C(=O)O)c(C)o2)c1OC. The highest BCUT2D eigenvalue weighted by Crippen LogP contribution is 2.32. The van der Waals surface area contributed by atoms with Crippen molar-refractivity contribution in [2.24, 2.45) is 0 Å². The van der Waals surface area contributed by atoms with Gasteiger partial charge in [0.2, 0.25) is 0 Å². The molecule has 0 spiro atoms. The van der Waals surface area contributed by atoms with Crippen molar-refractivity contribution in [3.05, 3.63) is 46.7 Å². The Morgan fingerprint density at radius 3 is 2.54 bits per heavy atom. The van der Waals surface area contributed by atoms with Gasteiger partial charge < -0.3 is 24.3 Å². The van der Waals surface area contributed by atoms with Crippen LogP contribution in [0.15, 0.2) is 22.6 Å². The van der Waals surface area contributed by atoms with E-state index in [4.69, 9.17) is 19.0 Å². The molecular weight excluding hydrogens is 321 g/mol. The maximum atomic E-state index is 14.0. The van der Waals surface area contributed by atoms with Crippen LogP contribution in [0.2, 0.25) is 0 Å². The molecule has 0 aliphatic carbocycles. The summed E-state index contributed by atoms with van der Waals surface area (Å²) >= 11 is 0. The summed E-state index contributed by atoms with van der Waals surface area (Å²) < 4.78 is 29.3. The minimum absolute atomic E-state index is 0.00407. The van der Waals surface area contributed by atoms with Crippen LogP contribution in [-0.4, -0.2) is 31.2 Å². The van der Waals surface area contributed by atoms with Crippen molar-refractivity contribution in [1.82, 2.24) is 5.32 Å². The number of carboxylic acid groups (broad SMARTS) is 1. The zero-order valence-electron chi connectivity index (χ0n) is 13.3. The Labute approximate surface area is 137 Å². The lowest BCUT2D eigenvalue weighted by Gasteiger charge is -2.13. The van der Waals surface area contributed by atoms with Crippen molar-refractivity contribution in [2.45, 2.75) is 13.5 Å². The van der Waals surface area contributed by atoms with Crippen LogP contribution in [-0.2, 0) is 6.54 Å². The number of hydrogen-bond acceptors (Lipinski definition) is 5. The number of furan rings is 1. The summed E-state index contributed by atoms with van der Waals surface area (Å²) in [7, 11) is 2.67. The highest BCUT2D eigenvalue weighted by atomic mass is 19.1. The lowest BCUT2D eigenvalue weighted by molar-refractivity contribution is 0.0694. The van der Waals surface area contributed by atoms with Crippen LogP contribution in [0.5, 0.6) is 11.5 Å². The standard InChI is InChI=1S/C16H16FNO6/c1-8-10(16(20)21)6-9(24-8)7-18-15(19)13-11(17)4-5-12(22-2)14(13)23-3/h4-6H,7H2,1-3H3,(H,18,19)(H,20,21). The smallest absolute Gasteiger partial charge is 0.339 e. The van der Waals surface area contributed by atoms with Crippen LogP contribution < -0.4 is 14.8 Å². The summed E-state index contributed by atoms with van der Waals surface area (Å²) in [5.74, 6) is -2.00. The number of aromatic carboxylic acids is 1. The molecule has 0 aliphatic rings. The molecule has 24 heavy (non-hydrogen) atoms. The number of aryl methyl sites for hydroxylation is 1. The van der Waals surface area contributed by atoms with Crippen LogP contribution in [0.4, 0.5) is 4.39 Å². The first-order chi connectivity index (χ1) is 11.4. The van der Waals surface area contributed by atoms with Gasteiger partial charge in [0.05, 0.1) is 20.8 Å². The molecule has 8 heteroatoms. The molecule has 1 aromatic carbocycles. The van der Waals surface area contributed by atoms with Crippen molar-refractivity contribution >= 4 is 11.9 Å². The van der Waals surface area contributed by atoms with Gasteiger partial charge in [-0.1, -0.05) is 0 Å². The van der Waals surface area contributed by atoms with E-state index in [1.165, 1.54) is 33.3 Å². The van der Waals surface area contributed by atoms with Crippen LogP contribution in [0.25, 0.3) is 0 Å². The maximum absolute atomic E-state index is 14.0. The molecule has 0 unspecified atom stereocenters. The lowest BCUT2D eigenvalue weighted by Crippen LogP contribution is -2.24. The number of hydrogen-bond donors (Lipinski definition) is 2. The van der Waals surface area contributed by atoms with E-state index in [2.05, 4.69) is 5.32 Å². The molecule has 0 bridgehead atoms. The van der Waals surface area contributed by atoms with Gasteiger partial charge >= 0.3 is 5.97 Å². The van der Waals surface area contributed by atoms with Gasteiger partial charge in [0.15, 0.2) is 11.5 Å². The van der Waals surface area contributed by atoms with E-state index in [0.717, 1.165) is 6.07 Å². The van der Waals surface area contributed by atoms with Gasteiger partial charge in [0.1, 0.15) is 28.5 Å². The van der Waals surface area contributed by atoms with E-state index >= 15 is 0 Å². The minimum Gasteiger partial charge on any atom is -0.493 e. The molecule has 0 saturated carbocycles. The number of rotatable bonds is 6. The molecule has 1 heterocycles. The first-order valence-corrected chi connectivity index (χ1v) is 6.90. The van der Waals surface area contributed by atoms with Gasteiger partial charge in [-0.3, -0.25) is 4.79 Å². The second-order valence-electron chi connectivity index (χ2n) is 4.83. The minimum atomic E-state index is -1.13.